The molecule has 2 saturated heterocycles. The van der Waals surface area contributed by atoms with Crippen molar-refractivity contribution in [2.75, 3.05) is 19.9 Å². The van der Waals surface area contributed by atoms with E-state index in [0.717, 1.165) is 36.6 Å². The summed E-state index contributed by atoms with van der Waals surface area (Å²) in [5.74, 6) is 1.72. The van der Waals surface area contributed by atoms with Gasteiger partial charge in [-0.3, -0.25) is 4.79 Å². The fourth-order valence-corrected chi connectivity index (χ4v) is 3.51. The third-order valence-electron chi connectivity index (χ3n) is 4.67. The molecule has 0 spiro atoms. The van der Waals surface area contributed by atoms with Crippen LogP contribution in [0.15, 0.2) is 18.2 Å². The zero-order chi connectivity index (χ0) is 14.2. The van der Waals surface area contributed by atoms with Crippen LogP contribution in [0, 0.1) is 0 Å². The van der Waals surface area contributed by atoms with Crippen LogP contribution >= 0.6 is 0 Å². The molecule has 2 unspecified atom stereocenters. The molecule has 2 atom stereocenters. The molecular weight excluding hydrogens is 268 g/mol. The minimum Gasteiger partial charge on any atom is -0.454 e. The van der Waals surface area contributed by atoms with E-state index in [4.69, 9.17) is 9.47 Å². The summed E-state index contributed by atoms with van der Waals surface area (Å²) in [5, 5.41) is 3.61. The molecular formula is C16H20N2O3. The predicted molar refractivity (Wildman–Crippen MR) is 77.4 cm³/mol. The van der Waals surface area contributed by atoms with Crippen molar-refractivity contribution in [3.05, 3.63) is 23.8 Å². The van der Waals surface area contributed by atoms with Crippen molar-refractivity contribution >= 4 is 5.91 Å². The highest BCUT2D eigenvalue weighted by atomic mass is 16.7. The van der Waals surface area contributed by atoms with Crippen molar-refractivity contribution in [3.63, 3.8) is 0 Å². The maximum Gasteiger partial charge on any atom is 0.231 e. The van der Waals surface area contributed by atoms with Crippen LogP contribution in [-0.2, 0) is 11.2 Å². The van der Waals surface area contributed by atoms with Crippen molar-refractivity contribution in [1.82, 2.24) is 10.2 Å². The van der Waals surface area contributed by atoms with Gasteiger partial charge in [0.2, 0.25) is 12.7 Å². The molecule has 0 aromatic heterocycles. The Kier molecular flexibility index (Phi) is 3.22. The van der Waals surface area contributed by atoms with Gasteiger partial charge < -0.3 is 19.7 Å². The molecule has 2 fully saturated rings. The van der Waals surface area contributed by atoms with Gasteiger partial charge in [-0.25, -0.2) is 0 Å². The van der Waals surface area contributed by atoms with Gasteiger partial charge in [0, 0.05) is 25.2 Å². The molecule has 0 radical (unpaired) electrons. The summed E-state index contributed by atoms with van der Waals surface area (Å²) >= 11 is 0. The lowest BCUT2D eigenvalue weighted by atomic mass is 10.1. The normalized spacial score (nSPS) is 26.8. The zero-order valence-electron chi connectivity index (χ0n) is 12.0. The Morgan fingerprint density at radius 2 is 2.05 bits per heavy atom. The zero-order valence-corrected chi connectivity index (χ0v) is 12.0. The first-order valence-corrected chi connectivity index (χ1v) is 7.70. The first kappa shape index (κ1) is 13.0. The molecule has 1 aromatic carbocycles. The van der Waals surface area contributed by atoms with Gasteiger partial charge in [-0.2, -0.15) is 0 Å². The lowest BCUT2D eigenvalue weighted by molar-refractivity contribution is -0.130. The van der Waals surface area contributed by atoms with Crippen molar-refractivity contribution in [2.45, 2.75) is 37.8 Å². The Morgan fingerprint density at radius 1 is 1.19 bits per heavy atom. The van der Waals surface area contributed by atoms with Crippen LogP contribution in [0.4, 0.5) is 0 Å². The molecule has 0 aliphatic carbocycles. The molecule has 21 heavy (non-hydrogen) atoms. The van der Waals surface area contributed by atoms with E-state index in [1.165, 1.54) is 12.8 Å². The number of hydrogen-bond donors (Lipinski definition) is 1. The Morgan fingerprint density at radius 3 is 3.00 bits per heavy atom. The summed E-state index contributed by atoms with van der Waals surface area (Å²) in [5.41, 5.74) is 0.992. The Bertz CT molecular complexity index is 560. The largest absolute Gasteiger partial charge is 0.454 e. The van der Waals surface area contributed by atoms with Gasteiger partial charge in [0.25, 0.3) is 0 Å². The van der Waals surface area contributed by atoms with E-state index in [1.54, 1.807) is 0 Å². The molecule has 4 rings (SSSR count). The third-order valence-corrected chi connectivity index (χ3v) is 4.67. The lowest BCUT2D eigenvalue weighted by Crippen LogP contribution is -2.39. The van der Waals surface area contributed by atoms with Crippen LogP contribution in [0.3, 0.4) is 0 Å². The van der Waals surface area contributed by atoms with Crippen LogP contribution in [0.2, 0.25) is 0 Å². The number of nitrogens with zero attached hydrogens (tertiary/aromatic N) is 1. The standard InChI is InChI=1S/C16H20N2O3/c19-16(18-6-5-12-2-3-13(9-18)17-12)8-11-1-4-14-15(7-11)21-10-20-14/h1,4,7,12-13,17H,2-3,5-6,8-10H2. The van der Waals surface area contributed by atoms with Crippen molar-refractivity contribution < 1.29 is 14.3 Å². The molecule has 1 aromatic rings. The van der Waals surface area contributed by atoms with Crippen molar-refractivity contribution in [1.29, 1.82) is 0 Å². The molecule has 3 aliphatic heterocycles. The van der Waals surface area contributed by atoms with Gasteiger partial charge in [-0.1, -0.05) is 6.07 Å². The highest BCUT2D eigenvalue weighted by Crippen LogP contribution is 2.32. The topological polar surface area (TPSA) is 50.8 Å². The molecule has 5 heteroatoms. The quantitative estimate of drug-likeness (QED) is 0.891. The average Bonchev–Trinajstić information content (AvgIpc) is 3.04. The second-order valence-corrected chi connectivity index (χ2v) is 6.13. The van der Waals surface area contributed by atoms with Gasteiger partial charge in [0.15, 0.2) is 11.5 Å². The summed E-state index contributed by atoms with van der Waals surface area (Å²) in [4.78, 5) is 14.5. The number of likely N-dealkylation sites (tertiary alicyclic amines) is 1. The molecule has 2 bridgehead atoms. The molecule has 3 heterocycles. The highest BCUT2D eigenvalue weighted by molar-refractivity contribution is 5.79. The van der Waals surface area contributed by atoms with E-state index in [1.807, 2.05) is 23.1 Å². The van der Waals surface area contributed by atoms with Gasteiger partial charge in [-0.15, -0.1) is 0 Å². The van der Waals surface area contributed by atoms with E-state index < -0.39 is 0 Å². The number of amides is 1. The number of nitrogens with one attached hydrogen (secondary N) is 1. The van der Waals surface area contributed by atoms with Crippen LogP contribution in [-0.4, -0.2) is 42.8 Å². The van der Waals surface area contributed by atoms with Crippen LogP contribution < -0.4 is 14.8 Å². The Balaban J connectivity index is 1.43. The summed E-state index contributed by atoms with van der Waals surface area (Å²) in [6.45, 7) is 1.99. The van der Waals surface area contributed by atoms with Gasteiger partial charge in [-0.05, 0) is 37.0 Å². The molecule has 3 aliphatic rings. The number of fused-ring (bicyclic) bond motifs is 3. The highest BCUT2D eigenvalue weighted by Gasteiger charge is 2.31. The first-order valence-electron chi connectivity index (χ1n) is 7.70. The van der Waals surface area contributed by atoms with Crippen molar-refractivity contribution in [2.24, 2.45) is 0 Å². The molecule has 0 saturated carbocycles. The predicted octanol–water partition coefficient (Wildman–Crippen LogP) is 1.31. The van der Waals surface area contributed by atoms with Gasteiger partial charge in [0.05, 0.1) is 6.42 Å². The van der Waals surface area contributed by atoms with Gasteiger partial charge in [0.1, 0.15) is 0 Å². The molecule has 1 N–H and O–H groups in total. The second kappa shape index (κ2) is 5.22. The average molecular weight is 288 g/mol. The summed E-state index contributed by atoms with van der Waals surface area (Å²) in [6, 6.07) is 6.85. The molecule has 112 valence electrons. The van der Waals surface area contributed by atoms with Gasteiger partial charge >= 0.3 is 0 Å². The Hall–Kier alpha value is -1.75. The number of carbonyl (C=O) groups excluding carboxylic acids is 1. The number of benzene rings is 1. The van der Waals surface area contributed by atoms with Crippen molar-refractivity contribution in [3.8, 4) is 11.5 Å². The SMILES string of the molecule is O=C(Cc1ccc2c(c1)OCO2)N1CCC2CCC(C1)N2. The van der Waals surface area contributed by atoms with Crippen LogP contribution in [0.5, 0.6) is 11.5 Å². The second-order valence-electron chi connectivity index (χ2n) is 6.13. The minimum absolute atomic E-state index is 0.211. The maximum absolute atomic E-state index is 12.5. The van der Waals surface area contributed by atoms with Crippen LogP contribution in [0.25, 0.3) is 0 Å². The van der Waals surface area contributed by atoms with E-state index >= 15 is 0 Å². The lowest BCUT2D eigenvalue weighted by Gasteiger charge is -2.24. The fraction of sp³-hybridized carbons (Fsp3) is 0.562. The molecule has 1 amide bonds. The maximum atomic E-state index is 12.5. The van der Waals surface area contributed by atoms with E-state index in [0.29, 0.717) is 18.5 Å². The number of hydrogen-bond acceptors (Lipinski definition) is 4. The van der Waals surface area contributed by atoms with Crippen LogP contribution in [0.1, 0.15) is 24.8 Å². The third kappa shape index (κ3) is 2.58. The summed E-state index contributed by atoms with van der Waals surface area (Å²) < 4.78 is 10.7. The van der Waals surface area contributed by atoms with E-state index in [2.05, 4.69) is 5.32 Å². The fourth-order valence-electron chi connectivity index (χ4n) is 3.51. The smallest absolute Gasteiger partial charge is 0.231 e. The molecule has 5 nitrogen and oxygen atoms in total. The summed E-state index contributed by atoms with van der Waals surface area (Å²) in [6.07, 6.45) is 3.96. The number of rotatable bonds is 2. The van der Waals surface area contributed by atoms with E-state index in [-0.39, 0.29) is 12.7 Å². The first-order chi connectivity index (χ1) is 10.3. The number of ether oxygens (including phenoxy) is 2. The Labute approximate surface area is 124 Å². The summed E-state index contributed by atoms with van der Waals surface area (Å²) in [7, 11) is 0. The number of carbonyl (C=O) groups is 1. The minimum atomic E-state index is 0.211. The monoisotopic (exact) mass is 288 g/mol. The van der Waals surface area contributed by atoms with E-state index in [9.17, 15) is 4.79 Å².